The molecule has 1 amide bonds. The van der Waals surface area contributed by atoms with Gasteiger partial charge < -0.3 is 15.1 Å². The van der Waals surface area contributed by atoms with Gasteiger partial charge in [-0.25, -0.2) is 9.97 Å². The lowest BCUT2D eigenvalue weighted by atomic mass is 9.96. The molecule has 206 valence electrons. The predicted molar refractivity (Wildman–Crippen MR) is 159 cm³/mol. The standard InChI is InChI=1S/C27H31ClN6O.3ClH/c1-19-4-9-24-25(19)26(32-18-31-24)33-11-13-34(14-12-33)27(35)23(21-5-7-22(28)8-6-21)17-30-16-20-3-2-10-29-15-20;;;/h2-3,5-8,10,15,18-19,23,30H,4,9,11-14,16-17H2,1H3;3*1H/t19-,23-;;;/m1.../s1. The number of hydrogen-bond donors (Lipinski definition) is 1. The number of carbonyl (C=O) groups is 1. The van der Waals surface area contributed by atoms with Gasteiger partial charge >= 0.3 is 0 Å². The van der Waals surface area contributed by atoms with Crippen LogP contribution in [0.2, 0.25) is 5.02 Å². The maximum Gasteiger partial charge on any atom is 0.231 e. The van der Waals surface area contributed by atoms with Crippen LogP contribution in [0.5, 0.6) is 0 Å². The molecule has 0 saturated carbocycles. The van der Waals surface area contributed by atoms with E-state index in [4.69, 9.17) is 11.6 Å². The van der Waals surface area contributed by atoms with Crippen molar-refractivity contribution < 1.29 is 4.79 Å². The quantitative estimate of drug-likeness (QED) is 0.409. The van der Waals surface area contributed by atoms with Crippen molar-refractivity contribution in [2.45, 2.75) is 38.1 Å². The van der Waals surface area contributed by atoms with E-state index in [0.29, 0.717) is 37.1 Å². The summed E-state index contributed by atoms with van der Waals surface area (Å²) in [6, 6.07) is 11.6. The van der Waals surface area contributed by atoms with Gasteiger partial charge in [-0.1, -0.05) is 36.7 Å². The average molecular weight is 600 g/mol. The van der Waals surface area contributed by atoms with E-state index in [1.807, 2.05) is 47.5 Å². The summed E-state index contributed by atoms with van der Waals surface area (Å²) in [5, 5.41) is 4.12. The van der Waals surface area contributed by atoms with E-state index in [-0.39, 0.29) is 49.0 Å². The highest BCUT2D eigenvalue weighted by atomic mass is 35.5. The first-order chi connectivity index (χ1) is 17.1. The molecule has 1 N–H and O–H groups in total. The minimum absolute atomic E-state index is 0. The highest BCUT2D eigenvalue weighted by Crippen LogP contribution is 2.37. The SMILES string of the molecule is C[C@@H]1CCc2ncnc(N3CCN(C(=O)[C@H](CNCc4cccnc4)c4ccc(Cl)cc4)CC3)c21.Cl.Cl.Cl. The third kappa shape index (κ3) is 7.27. The number of halogens is 4. The second-order valence-corrected chi connectivity index (χ2v) is 9.84. The second-order valence-electron chi connectivity index (χ2n) is 9.41. The Morgan fingerprint density at radius 2 is 1.82 bits per heavy atom. The third-order valence-electron chi connectivity index (χ3n) is 7.11. The molecule has 2 aliphatic rings. The lowest BCUT2D eigenvalue weighted by Crippen LogP contribution is -2.51. The highest BCUT2D eigenvalue weighted by molar-refractivity contribution is 6.30. The van der Waals surface area contributed by atoms with Crippen LogP contribution in [0.15, 0.2) is 55.1 Å². The number of fused-ring (bicyclic) bond motifs is 1. The van der Waals surface area contributed by atoms with E-state index in [1.54, 1.807) is 12.5 Å². The smallest absolute Gasteiger partial charge is 0.231 e. The molecule has 1 aliphatic heterocycles. The summed E-state index contributed by atoms with van der Waals surface area (Å²) in [7, 11) is 0. The molecule has 0 spiro atoms. The summed E-state index contributed by atoms with van der Waals surface area (Å²) < 4.78 is 0. The van der Waals surface area contributed by atoms with Gasteiger partial charge in [-0.15, -0.1) is 37.2 Å². The van der Waals surface area contributed by atoms with Gasteiger partial charge in [0.1, 0.15) is 12.1 Å². The van der Waals surface area contributed by atoms with Crippen molar-refractivity contribution in [2.75, 3.05) is 37.6 Å². The highest BCUT2D eigenvalue weighted by Gasteiger charge is 2.32. The number of amides is 1. The number of nitrogens with one attached hydrogen (secondary N) is 1. The molecule has 3 aromatic rings. The Hall–Kier alpha value is -2.16. The second kappa shape index (κ2) is 14.8. The van der Waals surface area contributed by atoms with Gasteiger partial charge in [0.2, 0.25) is 5.91 Å². The maximum absolute atomic E-state index is 13.7. The van der Waals surface area contributed by atoms with Crippen molar-refractivity contribution in [3.8, 4) is 0 Å². The lowest BCUT2D eigenvalue weighted by Gasteiger charge is -2.38. The van der Waals surface area contributed by atoms with Crippen LogP contribution in [-0.2, 0) is 17.8 Å². The largest absolute Gasteiger partial charge is 0.353 e. The van der Waals surface area contributed by atoms with Crippen LogP contribution in [0.25, 0.3) is 0 Å². The Morgan fingerprint density at radius 1 is 1.08 bits per heavy atom. The van der Waals surface area contributed by atoms with Crippen molar-refractivity contribution >= 4 is 60.5 Å². The molecule has 7 nitrogen and oxygen atoms in total. The fraction of sp³-hybridized carbons (Fsp3) is 0.407. The molecule has 2 aromatic heterocycles. The van der Waals surface area contributed by atoms with Gasteiger partial charge in [-0.3, -0.25) is 9.78 Å². The van der Waals surface area contributed by atoms with Crippen molar-refractivity contribution in [3.05, 3.63) is 82.5 Å². The third-order valence-corrected chi connectivity index (χ3v) is 7.37. The van der Waals surface area contributed by atoms with Crippen molar-refractivity contribution in [3.63, 3.8) is 0 Å². The normalized spacial score (nSPS) is 16.9. The molecule has 0 radical (unpaired) electrons. The van der Waals surface area contributed by atoms with Gasteiger partial charge in [0.05, 0.1) is 5.92 Å². The van der Waals surface area contributed by atoms with Crippen LogP contribution in [0.3, 0.4) is 0 Å². The summed E-state index contributed by atoms with van der Waals surface area (Å²) in [5.41, 5.74) is 4.55. The Balaban J connectivity index is 0.00000169. The van der Waals surface area contributed by atoms with Gasteiger partial charge in [0.15, 0.2) is 0 Å². The molecule has 5 rings (SSSR count). The minimum atomic E-state index is -0.279. The molecule has 3 heterocycles. The van der Waals surface area contributed by atoms with Gasteiger partial charge in [0.25, 0.3) is 0 Å². The van der Waals surface area contributed by atoms with Gasteiger partial charge in [-0.2, -0.15) is 0 Å². The molecule has 1 fully saturated rings. The van der Waals surface area contributed by atoms with E-state index in [1.165, 1.54) is 11.3 Å². The Bertz CT molecular complexity index is 1160. The zero-order valence-corrected chi connectivity index (χ0v) is 24.5. The molecule has 11 heteroatoms. The molecule has 1 saturated heterocycles. The average Bonchev–Trinajstić information content (AvgIpc) is 3.29. The molecule has 1 aliphatic carbocycles. The number of nitrogens with zero attached hydrogens (tertiary/aromatic N) is 5. The summed E-state index contributed by atoms with van der Waals surface area (Å²) >= 11 is 6.12. The summed E-state index contributed by atoms with van der Waals surface area (Å²) in [6.07, 6.45) is 7.46. The van der Waals surface area contributed by atoms with E-state index >= 15 is 0 Å². The van der Waals surface area contributed by atoms with Crippen molar-refractivity contribution in [1.82, 2.24) is 25.2 Å². The maximum atomic E-state index is 13.7. The Kier molecular flexibility index (Phi) is 12.5. The first kappa shape index (κ1) is 32.1. The fourth-order valence-corrected chi connectivity index (χ4v) is 5.27. The number of piperazine rings is 1. The summed E-state index contributed by atoms with van der Waals surface area (Å²) in [6.45, 7) is 6.38. The zero-order valence-electron chi connectivity index (χ0n) is 21.3. The van der Waals surface area contributed by atoms with Crippen molar-refractivity contribution in [1.29, 1.82) is 0 Å². The molecule has 0 unspecified atom stereocenters. The number of rotatable bonds is 7. The fourth-order valence-electron chi connectivity index (χ4n) is 5.14. The lowest BCUT2D eigenvalue weighted by molar-refractivity contribution is -0.133. The summed E-state index contributed by atoms with van der Waals surface area (Å²) in [5.74, 6) is 1.41. The van der Waals surface area contributed by atoms with E-state index in [2.05, 4.69) is 32.1 Å². The van der Waals surface area contributed by atoms with Gasteiger partial charge in [0, 0.05) is 67.9 Å². The van der Waals surface area contributed by atoms with Crippen LogP contribution in [0, 0.1) is 0 Å². The van der Waals surface area contributed by atoms with E-state index < -0.39 is 0 Å². The Morgan fingerprint density at radius 3 is 2.50 bits per heavy atom. The van der Waals surface area contributed by atoms with Crippen LogP contribution in [0.4, 0.5) is 5.82 Å². The molecule has 38 heavy (non-hydrogen) atoms. The van der Waals surface area contributed by atoms with E-state index in [9.17, 15) is 4.79 Å². The first-order valence-corrected chi connectivity index (χ1v) is 12.7. The number of aromatic nitrogens is 3. The molecule has 2 atom stereocenters. The minimum Gasteiger partial charge on any atom is -0.353 e. The molecule has 0 bridgehead atoms. The molecule has 1 aromatic carbocycles. The topological polar surface area (TPSA) is 74.2 Å². The van der Waals surface area contributed by atoms with Crippen molar-refractivity contribution in [2.24, 2.45) is 0 Å². The van der Waals surface area contributed by atoms with E-state index in [0.717, 1.165) is 42.9 Å². The van der Waals surface area contributed by atoms with Crippen LogP contribution in [0.1, 0.15) is 47.6 Å². The van der Waals surface area contributed by atoms with Crippen LogP contribution in [-0.4, -0.2) is 58.5 Å². The van der Waals surface area contributed by atoms with Gasteiger partial charge in [-0.05, 0) is 48.1 Å². The number of benzene rings is 1. The first-order valence-electron chi connectivity index (χ1n) is 12.3. The number of aryl methyl sites for hydroxylation is 1. The summed E-state index contributed by atoms with van der Waals surface area (Å²) in [4.78, 5) is 31.3. The molecular formula is C27H34Cl4N6O. The Labute approximate surface area is 248 Å². The monoisotopic (exact) mass is 598 g/mol. The number of carbonyl (C=O) groups excluding carboxylic acids is 1. The predicted octanol–water partition coefficient (Wildman–Crippen LogP) is 5.06. The number of pyridine rings is 1. The molecular weight excluding hydrogens is 566 g/mol. The number of hydrogen-bond acceptors (Lipinski definition) is 6. The zero-order chi connectivity index (χ0) is 24.2. The van der Waals surface area contributed by atoms with Crippen LogP contribution < -0.4 is 10.2 Å². The number of anilines is 1. The van der Waals surface area contributed by atoms with Crippen LogP contribution >= 0.6 is 48.8 Å².